The quantitative estimate of drug-likeness (QED) is 0.466. The van der Waals surface area contributed by atoms with Crippen molar-refractivity contribution < 1.29 is 4.79 Å². The molecule has 2 amide bonds. The van der Waals surface area contributed by atoms with Gasteiger partial charge < -0.3 is 9.80 Å². The van der Waals surface area contributed by atoms with Gasteiger partial charge in [0.2, 0.25) is 5.96 Å². The van der Waals surface area contributed by atoms with Crippen LogP contribution in [0.15, 0.2) is 10.2 Å². The fourth-order valence-electron chi connectivity index (χ4n) is 3.10. The van der Waals surface area contributed by atoms with Gasteiger partial charge in [-0.25, -0.2) is 4.79 Å². The van der Waals surface area contributed by atoms with E-state index in [-0.39, 0.29) is 18.0 Å². The number of piperidine rings is 2. The van der Waals surface area contributed by atoms with Crippen LogP contribution in [-0.2, 0) is 0 Å². The highest BCUT2D eigenvalue weighted by Crippen LogP contribution is 2.20. The number of carbonyl (C=O) groups is 1. The number of hydrogen-bond donors (Lipinski definition) is 2. The van der Waals surface area contributed by atoms with Crippen molar-refractivity contribution in [2.75, 3.05) is 26.2 Å². The number of urea groups is 1. The maximum absolute atomic E-state index is 12.1. The second-order valence-corrected chi connectivity index (χ2v) is 6.40. The minimum Gasteiger partial charge on any atom is -0.324 e. The molecule has 0 unspecified atom stereocenters. The molecular weight excluding hydrogens is 280 g/mol. The number of rotatable bonds is 2. The Balaban J connectivity index is 1.73. The predicted molar refractivity (Wildman–Crippen MR) is 86.3 cm³/mol. The summed E-state index contributed by atoms with van der Waals surface area (Å²) in [6.07, 6.45) is 6.00. The van der Waals surface area contributed by atoms with Gasteiger partial charge in [0, 0.05) is 19.1 Å². The summed E-state index contributed by atoms with van der Waals surface area (Å²) in [6.45, 7) is 7.67. The number of amides is 2. The molecular formula is C15H28N6O. The van der Waals surface area contributed by atoms with Crippen LogP contribution >= 0.6 is 0 Å². The Labute approximate surface area is 132 Å². The number of likely N-dealkylation sites (tertiary alicyclic amines) is 2. The van der Waals surface area contributed by atoms with E-state index < -0.39 is 0 Å². The molecule has 0 aliphatic carbocycles. The SMILES string of the molecule is CC(C)N=NC(=N)NC(=O)N1CCC(N2CCCCC2)CC1. The number of hydrogen-bond acceptors (Lipinski definition) is 4. The van der Waals surface area contributed by atoms with E-state index in [4.69, 9.17) is 5.41 Å². The molecule has 0 bridgehead atoms. The van der Waals surface area contributed by atoms with Crippen LogP contribution in [0, 0.1) is 5.41 Å². The first kappa shape index (κ1) is 16.9. The summed E-state index contributed by atoms with van der Waals surface area (Å²) in [7, 11) is 0. The van der Waals surface area contributed by atoms with E-state index >= 15 is 0 Å². The summed E-state index contributed by atoms with van der Waals surface area (Å²) in [5.74, 6) is -0.183. The first-order chi connectivity index (χ1) is 10.6. The average molecular weight is 308 g/mol. The fourth-order valence-corrected chi connectivity index (χ4v) is 3.10. The normalized spacial score (nSPS) is 21.5. The van der Waals surface area contributed by atoms with Crippen LogP contribution in [0.3, 0.4) is 0 Å². The average Bonchev–Trinajstić information content (AvgIpc) is 2.54. The van der Waals surface area contributed by atoms with Gasteiger partial charge in [0.25, 0.3) is 0 Å². The van der Waals surface area contributed by atoms with Gasteiger partial charge in [-0.3, -0.25) is 10.7 Å². The first-order valence-corrected chi connectivity index (χ1v) is 8.35. The second-order valence-electron chi connectivity index (χ2n) is 6.40. The lowest BCUT2D eigenvalue weighted by Crippen LogP contribution is -2.51. The first-order valence-electron chi connectivity index (χ1n) is 8.35. The summed E-state index contributed by atoms with van der Waals surface area (Å²) < 4.78 is 0. The highest BCUT2D eigenvalue weighted by Gasteiger charge is 2.27. The van der Waals surface area contributed by atoms with Gasteiger partial charge in [0.05, 0.1) is 6.04 Å². The number of nitrogens with zero attached hydrogens (tertiary/aromatic N) is 4. The molecule has 0 aromatic heterocycles. The summed E-state index contributed by atoms with van der Waals surface area (Å²) in [6, 6.07) is 0.409. The molecule has 2 rings (SSSR count). The summed E-state index contributed by atoms with van der Waals surface area (Å²) >= 11 is 0. The van der Waals surface area contributed by atoms with Crippen molar-refractivity contribution in [1.29, 1.82) is 5.41 Å². The Bertz CT molecular complexity index is 408. The lowest BCUT2D eigenvalue weighted by Gasteiger charge is -2.40. The summed E-state index contributed by atoms with van der Waals surface area (Å²) in [5.41, 5.74) is 0. The van der Waals surface area contributed by atoms with E-state index in [1.807, 2.05) is 13.8 Å². The van der Waals surface area contributed by atoms with E-state index in [1.165, 1.54) is 32.4 Å². The smallest absolute Gasteiger partial charge is 0.324 e. The minimum absolute atomic E-state index is 0.0255. The predicted octanol–water partition coefficient (Wildman–Crippen LogP) is 2.44. The molecule has 0 aromatic carbocycles. The molecule has 124 valence electrons. The number of guanidine groups is 1. The Morgan fingerprint density at radius 2 is 1.77 bits per heavy atom. The van der Waals surface area contributed by atoms with E-state index in [0.29, 0.717) is 6.04 Å². The van der Waals surface area contributed by atoms with Gasteiger partial charge in [0.15, 0.2) is 0 Å². The molecule has 0 atom stereocenters. The zero-order chi connectivity index (χ0) is 15.9. The fraction of sp³-hybridized carbons (Fsp3) is 0.867. The van der Waals surface area contributed by atoms with Crippen LogP contribution in [0.5, 0.6) is 0 Å². The van der Waals surface area contributed by atoms with E-state index in [9.17, 15) is 4.79 Å². The summed E-state index contributed by atoms with van der Waals surface area (Å²) in [4.78, 5) is 16.5. The van der Waals surface area contributed by atoms with Gasteiger partial charge in [-0.05, 0) is 52.6 Å². The number of azo groups is 1. The van der Waals surface area contributed by atoms with Crippen LogP contribution < -0.4 is 5.32 Å². The topological polar surface area (TPSA) is 84.1 Å². The van der Waals surface area contributed by atoms with Crippen molar-refractivity contribution in [2.45, 2.75) is 58.0 Å². The number of carbonyl (C=O) groups excluding carboxylic acids is 1. The van der Waals surface area contributed by atoms with Crippen molar-refractivity contribution in [3.8, 4) is 0 Å². The molecule has 2 saturated heterocycles. The standard InChI is InChI=1S/C15H28N6O/c1-12(2)18-19-14(16)17-15(22)21-10-6-13(7-11-21)20-8-4-3-5-9-20/h12-13H,3-11H2,1-2H3,(H2,16,17,22). The lowest BCUT2D eigenvalue weighted by atomic mass is 10.0. The Kier molecular flexibility index (Phi) is 6.30. The van der Waals surface area contributed by atoms with Crippen LogP contribution in [-0.4, -0.2) is 60.1 Å². The van der Waals surface area contributed by atoms with Crippen molar-refractivity contribution in [1.82, 2.24) is 15.1 Å². The van der Waals surface area contributed by atoms with Crippen LogP contribution in [0.25, 0.3) is 0 Å². The molecule has 7 nitrogen and oxygen atoms in total. The van der Waals surface area contributed by atoms with Gasteiger partial charge in [-0.1, -0.05) is 6.42 Å². The third-order valence-electron chi connectivity index (χ3n) is 4.27. The molecule has 2 aliphatic heterocycles. The van der Waals surface area contributed by atoms with Crippen LogP contribution in [0.1, 0.15) is 46.0 Å². The van der Waals surface area contributed by atoms with E-state index in [0.717, 1.165) is 25.9 Å². The zero-order valence-corrected chi connectivity index (χ0v) is 13.7. The number of nitrogens with one attached hydrogen (secondary N) is 2. The van der Waals surface area contributed by atoms with Gasteiger partial charge in [-0.15, -0.1) is 5.11 Å². The van der Waals surface area contributed by atoms with Gasteiger partial charge >= 0.3 is 6.03 Å². The second kappa shape index (κ2) is 8.22. The molecule has 2 aliphatic rings. The van der Waals surface area contributed by atoms with E-state index in [2.05, 4.69) is 20.4 Å². The Morgan fingerprint density at radius 3 is 2.36 bits per heavy atom. The molecule has 7 heteroatoms. The molecule has 2 N–H and O–H groups in total. The van der Waals surface area contributed by atoms with E-state index in [1.54, 1.807) is 4.90 Å². The highest BCUT2D eigenvalue weighted by molar-refractivity contribution is 5.94. The molecule has 2 heterocycles. The molecule has 0 saturated carbocycles. The molecule has 22 heavy (non-hydrogen) atoms. The van der Waals surface area contributed by atoms with Crippen LogP contribution in [0.4, 0.5) is 4.79 Å². The van der Waals surface area contributed by atoms with Crippen molar-refractivity contribution in [3.63, 3.8) is 0 Å². The molecule has 2 fully saturated rings. The minimum atomic E-state index is -0.232. The zero-order valence-electron chi connectivity index (χ0n) is 13.7. The monoisotopic (exact) mass is 308 g/mol. The largest absolute Gasteiger partial charge is 0.324 e. The Morgan fingerprint density at radius 1 is 1.14 bits per heavy atom. The van der Waals surface area contributed by atoms with Crippen LogP contribution in [0.2, 0.25) is 0 Å². The molecule has 0 aromatic rings. The molecule has 0 radical (unpaired) electrons. The maximum Gasteiger partial charge on any atom is 0.324 e. The third kappa shape index (κ3) is 5.05. The van der Waals surface area contributed by atoms with Gasteiger partial charge in [0.1, 0.15) is 0 Å². The Hall–Kier alpha value is -1.50. The third-order valence-corrected chi connectivity index (χ3v) is 4.27. The van der Waals surface area contributed by atoms with Gasteiger partial charge in [-0.2, -0.15) is 5.11 Å². The maximum atomic E-state index is 12.1. The highest BCUT2D eigenvalue weighted by atomic mass is 16.2. The van der Waals surface area contributed by atoms with Crippen molar-refractivity contribution >= 4 is 12.0 Å². The summed E-state index contributed by atoms with van der Waals surface area (Å²) in [5, 5.41) is 17.6. The molecule has 0 spiro atoms. The van der Waals surface area contributed by atoms with Crippen molar-refractivity contribution in [3.05, 3.63) is 0 Å². The van der Waals surface area contributed by atoms with Crippen molar-refractivity contribution in [2.24, 2.45) is 10.2 Å². The lowest BCUT2D eigenvalue weighted by molar-refractivity contribution is 0.102.